The smallest absolute Gasteiger partial charge is 0.0481 e. The van der Waals surface area contributed by atoms with E-state index in [1.807, 2.05) is 0 Å². The van der Waals surface area contributed by atoms with Crippen molar-refractivity contribution in [2.45, 2.75) is 4.90 Å². The molecule has 0 heterocycles. The van der Waals surface area contributed by atoms with E-state index < -0.39 is 11.1 Å². The summed E-state index contributed by atoms with van der Waals surface area (Å²) in [6.07, 6.45) is 0. The predicted octanol–water partition coefficient (Wildman–Crippen LogP) is 1.16. The molecule has 0 radical (unpaired) electrons. The number of nitrogens with two attached hydrogens (primary N) is 1. The summed E-state index contributed by atoms with van der Waals surface area (Å²) in [5, 5.41) is 0.428. The summed E-state index contributed by atoms with van der Waals surface area (Å²) in [6, 6.07) is 4.23. The summed E-state index contributed by atoms with van der Waals surface area (Å²) < 4.78 is 20.8. The molecular weight excluding hydrogens is 186 g/mol. The van der Waals surface area contributed by atoms with E-state index in [0.29, 0.717) is 5.02 Å². The van der Waals surface area contributed by atoms with Gasteiger partial charge in [-0.05, 0) is 29.3 Å². The molecule has 1 atom stereocenters. The molecule has 0 aliphatic heterocycles. The quantitative estimate of drug-likeness (QED) is 0.534. The van der Waals surface area contributed by atoms with Gasteiger partial charge >= 0.3 is 0 Å². The minimum atomic E-state index is -2.28. The molecule has 1 rings (SSSR count). The highest BCUT2D eigenvalue weighted by Crippen LogP contribution is 2.19. The van der Waals surface area contributed by atoms with Gasteiger partial charge in [0.1, 0.15) is 0 Å². The fourth-order valence-corrected chi connectivity index (χ4v) is 1.28. The SMILES string of the molecule is Nc1cc(Cl)ccc1S(=O)[O-]. The summed E-state index contributed by atoms with van der Waals surface area (Å²) in [5.41, 5.74) is 5.52. The van der Waals surface area contributed by atoms with Gasteiger partial charge in [0, 0.05) is 15.6 Å². The van der Waals surface area contributed by atoms with Crippen molar-refractivity contribution in [3.05, 3.63) is 23.2 Å². The number of halogens is 1. The highest BCUT2D eigenvalue weighted by molar-refractivity contribution is 7.79. The molecule has 0 aromatic heterocycles. The van der Waals surface area contributed by atoms with Gasteiger partial charge in [-0.15, -0.1) is 0 Å². The van der Waals surface area contributed by atoms with Gasteiger partial charge in [-0.3, -0.25) is 4.21 Å². The molecule has 0 bridgehead atoms. The van der Waals surface area contributed by atoms with Crippen molar-refractivity contribution in [2.24, 2.45) is 0 Å². The van der Waals surface area contributed by atoms with E-state index in [1.165, 1.54) is 18.2 Å². The van der Waals surface area contributed by atoms with Crippen LogP contribution in [0.5, 0.6) is 0 Å². The van der Waals surface area contributed by atoms with E-state index in [1.54, 1.807) is 0 Å². The summed E-state index contributed by atoms with van der Waals surface area (Å²) in [4.78, 5) is 0.0781. The number of anilines is 1. The van der Waals surface area contributed by atoms with E-state index in [9.17, 15) is 8.76 Å². The van der Waals surface area contributed by atoms with Crippen LogP contribution in [-0.2, 0) is 11.1 Å². The van der Waals surface area contributed by atoms with Gasteiger partial charge in [0.15, 0.2) is 0 Å². The minimum absolute atomic E-state index is 0.0781. The monoisotopic (exact) mass is 190 g/mol. The lowest BCUT2D eigenvalue weighted by Gasteiger charge is -2.07. The van der Waals surface area contributed by atoms with Crippen molar-refractivity contribution in [1.82, 2.24) is 0 Å². The molecule has 11 heavy (non-hydrogen) atoms. The van der Waals surface area contributed by atoms with Gasteiger partial charge in [-0.1, -0.05) is 11.6 Å². The summed E-state index contributed by atoms with van der Waals surface area (Å²) in [6.45, 7) is 0. The lowest BCUT2D eigenvalue weighted by molar-refractivity contribution is 0.537. The maximum absolute atomic E-state index is 10.4. The van der Waals surface area contributed by atoms with Crippen molar-refractivity contribution in [2.75, 3.05) is 5.73 Å². The molecule has 1 unspecified atom stereocenters. The second-order valence-electron chi connectivity index (χ2n) is 1.92. The number of nitrogen functional groups attached to an aromatic ring is 1. The third-order valence-corrected chi connectivity index (χ3v) is 2.12. The summed E-state index contributed by atoms with van der Waals surface area (Å²) in [5.74, 6) is 0. The van der Waals surface area contributed by atoms with E-state index in [4.69, 9.17) is 17.3 Å². The van der Waals surface area contributed by atoms with E-state index >= 15 is 0 Å². The van der Waals surface area contributed by atoms with Crippen LogP contribution in [0.2, 0.25) is 5.02 Å². The first-order chi connectivity index (χ1) is 5.11. The van der Waals surface area contributed by atoms with E-state index in [-0.39, 0.29) is 10.6 Å². The van der Waals surface area contributed by atoms with Crippen LogP contribution < -0.4 is 5.73 Å². The largest absolute Gasteiger partial charge is 0.768 e. The minimum Gasteiger partial charge on any atom is -0.768 e. The Hall–Kier alpha value is -0.580. The molecule has 2 N–H and O–H groups in total. The Morgan fingerprint density at radius 1 is 1.55 bits per heavy atom. The number of benzene rings is 1. The van der Waals surface area contributed by atoms with Crippen LogP contribution in [0.15, 0.2) is 23.1 Å². The van der Waals surface area contributed by atoms with Gasteiger partial charge in [-0.25, -0.2) is 0 Å². The first-order valence-corrected chi connectivity index (χ1v) is 4.21. The number of hydrogen-bond donors (Lipinski definition) is 1. The van der Waals surface area contributed by atoms with Gasteiger partial charge < -0.3 is 10.3 Å². The maximum atomic E-state index is 10.4. The highest BCUT2D eigenvalue weighted by Gasteiger charge is 1.98. The van der Waals surface area contributed by atoms with Crippen molar-refractivity contribution < 1.29 is 8.76 Å². The summed E-state index contributed by atoms with van der Waals surface area (Å²) >= 11 is 3.26. The van der Waals surface area contributed by atoms with Gasteiger partial charge in [0.25, 0.3) is 0 Å². The average molecular weight is 191 g/mol. The third kappa shape index (κ3) is 1.92. The molecule has 5 heteroatoms. The first kappa shape index (κ1) is 8.52. The summed E-state index contributed by atoms with van der Waals surface area (Å²) in [7, 11) is 0. The lowest BCUT2D eigenvalue weighted by atomic mass is 10.3. The van der Waals surface area contributed by atoms with Crippen molar-refractivity contribution in [1.29, 1.82) is 0 Å². The molecule has 3 nitrogen and oxygen atoms in total. The molecule has 0 spiro atoms. The Bertz CT molecular complexity index is 303. The number of hydrogen-bond acceptors (Lipinski definition) is 3. The zero-order valence-electron chi connectivity index (χ0n) is 5.41. The van der Waals surface area contributed by atoms with E-state index in [0.717, 1.165) is 0 Å². The molecular formula is C6H5ClNO2S-. The van der Waals surface area contributed by atoms with Crippen molar-refractivity contribution in [3.63, 3.8) is 0 Å². The van der Waals surface area contributed by atoms with Gasteiger partial charge in [0.2, 0.25) is 0 Å². The Kier molecular flexibility index (Phi) is 2.49. The molecule has 60 valence electrons. The van der Waals surface area contributed by atoms with Crippen LogP contribution >= 0.6 is 11.6 Å². The molecule has 0 saturated heterocycles. The van der Waals surface area contributed by atoms with Crippen LogP contribution in [0.25, 0.3) is 0 Å². The molecule has 0 fully saturated rings. The number of rotatable bonds is 1. The standard InChI is InChI=1S/C6H6ClNO2S/c7-4-1-2-6(11(9)10)5(8)3-4/h1-3H,8H2,(H,9,10)/p-1. The highest BCUT2D eigenvalue weighted by atomic mass is 35.5. The first-order valence-electron chi connectivity index (χ1n) is 2.75. The molecule has 0 aliphatic rings. The lowest BCUT2D eigenvalue weighted by Crippen LogP contribution is -1.95. The second-order valence-corrected chi connectivity index (χ2v) is 3.26. The molecule has 1 aromatic rings. The zero-order chi connectivity index (χ0) is 8.43. The van der Waals surface area contributed by atoms with Crippen LogP contribution in [0, 0.1) is 0 Å². The predicted molar refractivity (Wildman–Crippen MR) is 43.1 cm³/mol. The van der Waals surface area contributed by atoms with Crippen LogP contribution in [0.1, 0.15) is 0 Å². The molecule has 0 saturated carbocycles. The molecule has 0 aliphatic carbocycles. The Morgan fingerprint density at radius 2 is 2.18 bits per heavy atom. The average Bonchev–Trinajstić information content (AvgIpc) is 1.85. The maximum Gasteiger partial charge on any atom is 0.0481 e. The van der Waals surface area contributed by atoms with Crippen LogP contribution in [0.3, 0.4) is 0 Å². The normalized spacial score (nSPS) is 12.9. The zero-order valence-corrected chi connectivity index (χ0v) is 6.98. The van der Waals surface area contributed by atoms with Crippen molar-refractivity contribution in [3.8, 4) is 0 Å². The third-order valence-electron chi connectivity index (χ3n) is 1.15. The second kappa shape index (κ2) is 3.21. The Labute approximate surface area is 71.5 Å². The van der Waals surface area contributed by atoms with Gasteiger partial charge in [0.05, 0.1) is 0 Å². The molecule has 0 amide bonds. The fourth-order valence-electron chi connectivity index (χ4n) is 0.671. The fraction of sp³-hybridized carbons (Fsp3) is 0. The Balaban J connectivity index is 3.20. The molecule has 1 aromatic carbocycles. The van der Waals surface area contributed by atoms with Crippen LogP contribution in [0.4, 0.5) is 5.69 Å². The Morgan fingerprint density at radius 3 is 2.64 bits per heavy atom. The topological polar surface area (TPSA) is 66.2 Å². The van der Waals surface area contributed by atoms with E-state index in [2.05, 4.69) is 0 Å². The van der Waals surface area contributed by atoms with Crippen LogP contribution in [-0.4, -0.2) is 8.76 Å². The van der Waals surface area contributed by atoms with Gasteiger partial charge in [-0.2, -0.15) is 0 Å². The van der Waals surface area contributed by atoms with Crippen molar-refractivity contribution >= 4 is 28.4 Å².